The lowest BCUT2D eigenvalue weighted by Gasteiger charge is -2.29. The third-order valence-corrected chi connectivity index (χ3v) is 6.01. The van der Waals surface area contributed by atoms with Crippen molar-refractivity contribution in [2.75, 3.05) is 26.2 Å². The van der Waals surface area contributed by atoms with E-state index in [0.29, 0.717) is 50.3 Å². The van der Waals surface area contributed by atoms with Crippen LogP contribution in [0.15, 0.2) is 24.3 Å². The molecule has 1 aliphatic carbocycles. The van der Waals surface area contributed by atoms with Gasteiger partial charge in [-0.15, -0.1) is 0 Å². The minimum Gasteiger partial charge on any atom is -0.493 e. The fraction of sp³-hybridized carbons (Fsp3) is 0.565. The molecule has 8 heteroatoms. The maximum Gasteiger partial charge on any atom is 0.407 e. The van der Waals surface area contributed by atoms with Gasteiger partial charge in [0, 0.05) is 37.2 Å². The number of aliphatic hydroxyl groups excluding tert-OH is 1. The highest BCUT2D eigenvalue weighted by Crippen LogP contribution is 2.33. The molecule has 1 aliphatic heterocycles. The van der Waals surface area contributed by atoms with Gasteiger partial charge in [0.15, 0.2) is 0 Å². The Morgan fingerprint density at radius 3 is 2.61 bits per heavy atom. The average Bonchev–Trinajstić information content (AvgIpc) is 2.76. The molecule has 3 rings (SSSR count). The number of halogens is 1. The Balaban J connectivity index is 1.50. The molecule has 0 saturated carbocycles. The second-order valence-electron chi connectivity index (χ2n) is 8.46. The van der Waals surface area contributed by atoms with Crippen molar-refractivity contribution in [3.05, 3.63) is 35.7 Å². The Morgan fingerprint density at radius 2 is 2.03 bits per heavy atom. The second-order valence-corrected chi connectivity index (χ2v) is 8.46. The first-order valence-corrected chi connectivity index (χ1v) is 10.9. The summed E-state index contributed by atoms with van der Waals surface area (Å²) in [6.45, 7) is 3.31. The molecule has 1 fully saturated rings. The van der Waals surface area contributed by atoms with Gasteiger partial charge < -0.3 is 25.2 Å². The van der Waals surface area contributed by atoms with E-state index >= 15 is 0 Å². The number of carbonyl (C=O) groups excluding carboxylic acids is 1. The van der Waals surface area contributed by atoms with E-state index in [9.17, 15) is 19.1 Å². The number of hydrogen-bond donors (Lipinski definition) is 3. The number of piperidine rings is 1. The first-order valence-electron chi connectivity index (χ1n) is 10.9. The van der Waals surface area contributed by atoms with Crippen molar-refractivity contribution in [3.8, 4) is 5.75 Å². The largest absolute Gasteiger partial charge is 0.493 e. The molecule has 1 saturated heterocycles. The van der Waals surface area contributed by atoms with Gasteiger partial charge in [0.05, 0.1) is 12.7 Å². The van der Waals surface area contributed by atoms with Crippen LogP contribution in [0.5, 0.6) is 5.75 Å². The predicted molar refractivity (Wildman–Crippen MR) is 114 cm³/mol. The van der Waals surface area contributed by atoms with E-state index in [1.165, 1.54) is 11.0 Å². The van der Waals surface area contributed by atoms with Crippen LogP contribution in [0.4, 0.5) is 9.18 Å². The smallest absolute Gasteiger partial charge is 0.407 e. The molecule has 1 aromatic carbocycles. The van der Waals surface area contributed by atoms with Crippen LogP contribution in [-0.4, -0.2) is 59.5 Å². The molecule has 1 heterocycles. The number of rotatable bonds is 7. The van der Waals surface area contributed by atoms with Gasteiger partial charge in [0.25, 0.3) is 0 Å². The standard InChI is InChI=1S/C23H31FN2O5/c1-15(27)13-25-22(28)18-4-2-17(3-5-18)20-7-6-19(12-21(20)24)31-14-16-8-10-26(11-9-16)23(29)30/h2,6-7,12,15-16,18,27H,3-5,8-11,13-14H2,1H3,(H,25,28)(H,29,30)/t15-,18?/m1/s1. The summed E-state index contributed by atoms with van der Waals surface area (Å²) in [5.74, 6) is 0.154. The zero-order valence-electron chi connectivity index (χ0n) is 17.8. The number of benzene rings is 1. The maximum atomic E-state index is 14.7. The highest BCUT2D eigenvalue weighted by molar-refractivity contribution is 5.80. The quantitative estimate of drug-likeness (QED) is 0.612. The monoisotopic (exact) mass is 434 g/mol. The van der Waals surface area contributed by atoms with Gasteiger partial charge in [0.1, 0.15) is 11.6 Å². The number of carbonyl (C=O) groups is 2. The predicted octanol–water partition coefficient (Wildman–Crippen LogP) is 3.28. The molecule has 2 atom stereocenters. The van der Waals surface area contributed by atoms with Crippen LogP contribution >= 0.6 is 0 Å². The molecule has 170 valence electrons. The number of nitrogens with one attached hydrogen (secondary N) is 1. The molecule has 2 aliphatic rings. The number of allylic oxidation sites excluding steroid dienone is 2. The maximum absolute atomic E-state index is 14.7. The van der Waals surface area contributed by atoms with Gasteiger partial charge >= 0.3 is 6.09 Å². The molecule has 7 nitrogen and oxygen atoms in total. The topological polar surface area (TPSA) is 99.1 Å². The highest BCUT2D eigenvalue weighted by atomic mass is 19.1. The van der Waals surface area contributed by atoms with Crippen molar-refractivity contribution in [1.82, 2.24) is 10.2 Å². The molecule has 0 bridgehead atoms. The number of aliphatic hydroxyl groups is 1. The summed E-state index contributed by atoms with van der Waals surface area (Å²) in [6.07, 6.45) is 3.75. The molecule has 2 amide bonds. The Kier molecular flexibility index (Phi) is 7.90. The van der Waals surface area contributed by atoms with Crippen LogP contribution in [0.25, 0.3) is 5.57 Å². The van der Waals surface area contributed by atoms with Crippen LogP contribution in [0.3, 0.4) is 0 Å². The van der Waals surface area contributed by atoms with Crippen molar-refractivity contribution in [2.24, 2.45) is 11.8 Å². The van der Waals surface area contributed by atoms with Crippen molar-refractivity contribution in [2.45, 2.75) is 45.1 Å². The molecular formula is C23H31FN2O5. The van der Waals surface area contributed by atoms with Crippen LogP contribution in [0, 0.1) is 17.7 Å². The third-order valence-electron chi connectivity index (χ3n) is 6.01. The first-order chi connectivity index (χ1) is 14.8. The Bertz CT molecular complexity index is 818. The second kappa shape index (κ2) is 10.6. The van der Waals surface area contributed by atoms with Gasteiger partial charge in [0.2, 0.25) is 5.91 Å². The van der Waals surface area contributed by atoms with E-state index in [0.717, 1.165) is 18.4 Å². The summed E-state index contributed by atoms with van der Waals surface area (Å²) in [7, 11) is 0. The summed E-state index contributed by atoms with van der Waals surface area (Å²) in [5.41, 5.74) is 1.43. The summed E-state index contributed by atoms with van der Waals surface area (Å²) in [6, 6.07) is 4.87. The van der Waals surface area contributed by atoms with Crippen LogP contribution in [-0.2, 0) is 4.79 Å². The summed E-state index contributed by atoms with van der Waals surface area (Å²) < 4.78 is 20.5. The normalized spacial score (nSPS) is 20.7. The van der Waals surface area contributed by atoms with E-state index in [4.69, 9.17) is 9.84 Å². The SMILES string of the molecule is C[C@@H](O)CNC(=O)C1CC=C(c2ccc(OCC3CCN(C(=O)O)CC3)cc2F)CC1. The summed E-state index contributed by atoms with van der Waals surface area (Å²) >= 11 is 0. The van der Waals surface area contributed by atoms with Gasteiger partial charge in [-0.25, -0.2) is 9.18 Å². The molecule has 3 N–H and O–H groups in total. The molecule has 0 aromatic heterocycles. The molecule has 1 aromatic rings. The lowest BCUT2D eigenvalue weighted by Crippen LogP contribution is -2.38. The zero-order valence-corrected chi connectivity index (χ0v) is 17.8. The molecule has 1 unspecified atom stereocenters. The number of carboxylic acid groups (broad SMARTS) is 1. The van der Waals surface area contributed by atoms with Crippen LogP contribution in [0.2, 0.25) is 0 Å². The van der Waals surface area contributed by atoms with E-state index in [2.05, 4.69) is 5.32 Å². The van der Waals surface area contributed by atoms with Crippen molar-refractivity contribution >= 4 is 17.6 Å². The third kappa shape index (κ3) is 6.43. The fourth-order valence-corrected chi connectivity index (χ4v) is 4.06. The molecule has 0 spiro atoms. The van der Waals surface area contributed by atoms with Crippen molar-refractivity contribution in [1.29, 1.82) is 0 Å². The van der Waals surface area contributed by atoms with Crippen LogP contribution < -0.4 is 10.1 Å². The van der Waals surface area contributed by atoms with Crippen molar-refractivity contribution < 1.29 is 28.9 Å². The molecule has 31 heavy (non-hydrogen) atoms. The van der Waals surface area contributed by atoms with Crippen molar-refractivity contribution in [3.63, 3.8) is 0 Å². The first kappa shape index (κ1) is 23.1. The minimum absolute atomic E-state index is 0.0744. The van der Waals surface area contributed by atoms with Gasteiger partial charge in [-0.2, -0.15) is 0 Å². The van der Waals surface area contributed by atoms with Gasteiger partial charge in [-0.05, 0) is 62.7 Å². The van der Waals surface area contributed by atoms with E-state index < -0.39 is 12.2 Å². The summed E-state index contributed by atoms with van der Waals surface area (Å²) in [5, 5.41) is 21.0. The fourth-order valence-electron chi connectivity index (χ4n) is 4.06. The number of likely N-dealkylation sites (tertiary alicyclic amines) is 1. The Hall–Kier alpha value is -2.61. The lowest BCUT2D eigenvalue weighted by atomic mass is 9.86. The number of ether oxygens (including phenoxy) is 1. The number of hydrogen-bond acceptors (Lipinski definition) is 4. The summed E-state index contributed by atoms with van der Waals surface area (Å²) in [4.78, 5) is 24.5. The molecular weight excluding hydrogens is 403 g/mol. The average molecular weight is 435 g/mol. The Morgan fingerprint density at radius 1 is 1.29 bits per heavy atom. The Labute approximate surface area is 181 Å². The molecule has 0 radical (unpaired) electrons. The van der Waals surface area contributed by atoms with Gasteiger partial charge in [-0.1, -0.05) is 6.08 Å². The van der Waals surface area contributed by atoms with E-state index in [1.54, 1.807) is 19.1 Å². The lowest BCUT2D eigenvalue weighted by molar-refractivity contribution is -0.125. The van der Waals surface area contributed by atoms with Crippen LogP contribution in [0.1, 0.15) is 44.6 Å². The number of amides is 2. The van der Waals surface area contributed by atoms with E-state index in [1.807, 2.05) is 6.08 Å². The minimum atomic E-state index is -0.888. The number of nitrogens with zero attached hydrogens (tertiary/aromatic N) is 1. The van der Waals surface area contributed by atoms with Gasteiger partial charge in [-0.3, -0.25) is 4.79 Å². The zero-order chi connectivity index (χ0) is 22.4. The van der Waals surface area contributed by atoms with E-state index in [-0.39, 0.29) is 30.1 Å². The highest BCUT2D eigenvalue weighted by Gasteiger charge is 2.24.